The molecule has 1 aliphatic rings. The van der Waals surface area contributed by atoms with Crippen molar-refractivity contribution in [3.8, 4) is 0 Å². The van der Waals surface area contributed by atoms with Gasteiger partial charge in [0.25, 0.3) is 0 Å². The molecule has 1 fully saturated rings. The van der Waals surface area contributed by atoms with Gasteiger partial charge >= 0.3 is 18.1 Å². The van der Waals surface area contributed by atoms with Gasteiger partial charge in [-0.25, -0.2) is 14.7 Å². The first-order chi connectivity index (χ1) is 11.3. The van der Waals surface area contributed by atoms with Crippen LogP contribution >= 0.6 is 46.4 Å². The molecule has 1 aromatic rings. The van der Waals surface area contributed by atoms with Crippen LogP contribution in [0.5, 0.6) is 0 Å². The van der Waals surface area contributed by atoms with Crippen LogP contribution in [0.1, 0.15) is 5.56 Å². The zero-order chi connectivity index (χ0) is 19.2. The number of anilines is 1. The minimum atomic E-state index is -4.64. The van der Waals surface area contributed by atoms with E-state index in [0.29, 0.717) is 11.0 Å². The summed E-state index contributed by atoms with van der Waals surface area (Å²) in [5, 5.41) is 0. The smallest absolute Gasteiger partial charge is 0.276 e. The fourth-order valence-corrected chi connectivity index (χ4v) is 2.18. The fourth-order valence-electron chi connectivity index (χ4n) is 1.94. The van der Waals surface area contributed by atoms with Gasteiger partial charge in [0, 0.05) is 7.05 Å². The second-order valence-corrected chi connectivity index (χ2v) is 7.64. The summed E-state index contributed by atoms with van der Waals surface area (Å²) in [6.45, 7) is 0. The monoisotopic (exact) mass is 435 g/mol. The number of aliphatic imine (C=N–C) groups is 1. The van der Waals surface area contributed by atoms with Gasteiger partial charge < -0.3 is 0 Å². The minimum absolute atomic E-state index is 0.276. The Morgan fingerprint density at radius 2 is 1.76 bits per heavy atom. The highest BCUT2D eigenvalue weighted by Crippen LogP contribution is 2.36. The van der Waals surface area contributed by atoms with E-state index in [2.05, 4.69) is 4.99 Å². The van der Waals surface area contributed by atoms with E-state index >= 15 is 0 Å². The Bertz CT molecular complexity index is 749. The number of amides is 3. The molecule has 1 heterocycles. The third-order valence-corrected chi connectivity index (χ3v) is 4.51. The van der Waals surface area contributed by atoms with Gasteiger partial charge in [-0.05, 0) is 18.2 Å². The summed E-state index contributed by atoms with van der Waals surface area (Å²) in [6.07, 6.45) is -4.64. The van der Waals surface area contributed by atoms with Crippen LogP contribution in [0.4, 0.5) is 23.7 Å². The predicted molar refractivity (Wildman–Crippen MR) is 89.5 cm³/mol. The van der Waals surface area contributed by atoms with Gasteiger partial charge in [0.05, 0.1) is 11.3 Å². The normalized spacial score (nSPS) is 19.1. The first kappa shape index (κ1) is 20.1. The van der Waals surface area contributed by atoms with E-state index in [1.807, 2.05) is 0 Å². The van der Waals surface area contributed by atoms with Crippen LogP contribution in [-0.4, -0.2) is 39.0 Å². The van der Waals surface area contributed by atoms with Crippen LogP contribution in [0.25, 0.3) is 0 Å². The Hall–Kier alpha value is -1.22. The lowest BCUT2D eigenvalue weighted by Gasteiger charge is -2.15. The summed E-state index contributed by atoms with van der Waals surface area (Å²) >= 11 is 22.4. The summed E-state index contributed by atoms with van der Waals surface area (Å²) in [5.74, 6) is -1.46. The minimum Gasteiger partial charge on any atom is -0.276 e. The second-order valence-electron chi connectivity index (χ2n) is 4.86. The number of nitrogens with zero attached hydrogens (tertiary/aromatic N) is 3. The van der Waals surface area contributed by atoms with Crippen LogP contribution in [-0.2, 0) is 11.0 Å². The zero-order valence-corrected chi connectivity index (χ0v) is 15.2. The molecule has 0 radical (unpaired) electrons. The third-order valence-electron chi connectivity index (χ3n) is 3.13. The molecule has 0 spiro atoms. The van der Waals surface area contributed by atoms with Crippen molar-refractivity contribution in [2.24, 2.45) is 4.99 Å². The summed E-state index contributed by atoms with van der Waals surface area (Å²) in [4.78, 5) is 29.7. The lowest BCUT2D eigenvalue weighted by atomic mass is 10.2. The van der Waals surface area contributed by atoms with E-state index < -0.39 is 38.8 Å². The summed E-state index contributed by atoms with van der Waals surface area (Å²) in [5.41, 5.74) is -2.79. The Morgan fingerprint density at radius 3 is 2.28 bits per heavy atom. The average molecular weight is 437 g/mol. The first-order valence-corrected chi connectivity index (χ1v) is 7.99. The van der Waals surface area contributed by atoms with Gasteiger partial charge in [-0.2, -0.15) is 13.2 Å². The number of carbonyl (C=O) groups excluding carboxylic acids is 2. The molecule has 2 rings (SSSR count). The average Bonchev–Trinajstić information content (AvgIpc) is 2.69. The molecular formula is C13H8Cl4F3N3O2. The maximum atomic E-state index is 12.8. The Labute approximate surface area is 159 Å². The van der Waals surface area contributed by atoms with Crippen LogP contribution in [0, 0.1) is 0 Å². The van der Waals surface area contributed by atoms with Crippen molar-refractivity contribution in [2.45, 2.75) is 15.5 Å². The maximum absolute atomic E-state index is 12.8. The van der Waals surface area contributed by atoms with E-state index in [1.165, 1.54) is 13.1 Å². The van der Waals surface area contributed by atoms with Crippen LogP contribution < -0.4 is 4.90 Å². The number of carbonyl (C=O) groups is 2. The van der Waals surface area contributed by atoms with Crippen molar-refractivity contribution in [3.05, 3.63) is 29.8 Å². The van der Waals surface area contributed by atoms with E-state index in [0.717, 1.165) is 17.0 Å². The molecule has 0 N–H and O–H groups in total. The number of hydrogen-bond donors (Lipinski definition) is 0. The van der Waals surface area contributed by atoms with Gasteiger partial charge in [0.15, 0.2) is 5.50 Å². The standard InChI is InChI=1S/C13H8Cl4F3N3O2/c1-22-8(21-10(14)12(15,16)17)9(24)23(11(22)25)7-4-2-3-6(5-7)13(18,19)20/h2-5,10H,1H3. The van der Waals surface area contributed by atoms with Gasteiger partial charge in [-0.15, -0.1) is 0 Å². The van der Waals surface area contributed by atoms with Crippen molar-refractivity contribution in [1.82, 2.24) is 4.90 Å². The number of rotatable bonds is 2. The van der Waals surface area contributed by atoms with E-state index in [9.17, 15) is 22.8 Å². The predicted octanol–water partition coefficient (Wildman–Crippen LogP) is 4.44. The molecule has 1 unspecified atom stereocenters. The summed E-state index contributed by atoms with van der Waals surface area (Å²) < 4.78 is 36.4. The van der Waals surface area contributed by atoms with Gasteiger partial charge in [-0.1, -0.05) is 52.5 Å². The molecule has 1 aliphatic heterocycles. The number of halogens is 7. The number of imide groups is 1. The number of amidine groups is 1. The number of hydrogen-bond acceptors (Lipinski definition) is 3. The molecular weight excluding hydrogens is 429 g/mol. The molecule has 0 bridgehead atoms. The summed E-state index contributed by atoms with van der Waals surface area (Å²) in [6, 6.07) is 2.80. The van der Waals surface area contributed by atoms with E-state index in [1.54, 1.807) is 0 Å². The van der Waals surface area contributed by atoms with Gasteiger partial charge in [-0.3, -0.25) is 9.69 Å². The molecule has 136 valence electrons. The highest BCUT2D eigenvalue weighted by molar-refractivity contribution is 6.70. The second kappa shape index (κ2) is 6.83. The number of urea groups is 1. The lowest BCUT2D eigenvalue weighted by Crippen LogP contribution is -2.31. The summed E-state index contributed by atoms with van der Waals surface area (Å²) in [7, 11) is 1.19. The molecule has 12 heteroatoms. The van der Waals surface area contributed by atoms with Crippen molar-refractivity contribution in [1.29, 1.82) is 0 Å². The molecule has 0 aromatic heterocycles. The maximum Gasteiger partial charge on any atom is 0.416 e. The number of alkyl halides is 7. The number of likely N-dealkylation sites (N-methyl/N-ethyl adjacent to an activating group) is 1. The highest BCUT2D eigenvalue weighted by Gasteiger charge is 2.44. The van der Waals surface area contributed by atoms with Crippen molar-refractivity contribution in [3.63, 3.8) is 0 Å². The van der Waals surface area contributed by atoms with Crippen LogP contribution in [0.15, 0.2) is 29.3 Å². The Kier molecular flexibility index (Phi) is 5.49. The third kappa shape index (κ3) is 4.13. The zero-order valence-electron chi connectivity index (χ0n) is 12.2. The SMILES string of the molecule is CN1C(=O)N(c2cccc(C(F)(F)F)c2)C(=O)C1=NC(Cl)C(Cl)(Cl)Cl. The quantitative estimate of drug-likeness (QED) is 0.391. The lowest BCUT2D eigenvalue weighted by molar-refractivity contribution is -0.137. The van der Waals surface area contributed by atoms with Crippen molar-refractivity contribution < 1.29 is 22.8 Å². The Balaban J connectivity index is 2.44. The molecule has 5 nitrogen and oxygen atoms in total. The van der Waals surface area contributed by atoms with Crippen LogP contribution in [0.2, 0.25) is 0 Å². The van der Waals surface area contributed by atoms with Gasteiger partial charge in [0.1, 0.15) is 0 Å². The first-order valence-electron chi connectivity index (χ1n) is 6.42. The van der Waals surface area contributed by atoms with Crippen LogP contribution in [0.3, 0.4) is 0 Å². The molecule has 1 atom stereocenters. The highest BCUT2D eigenvalue weighted by atomic mass is 35.6. The van der Waals surface area contributed by atoms with Crippen molar-refractivity contribution in [2.75, 3.05) is 11.9 Å². The Morgan fingerprint density at radius 1 is 1.16 bits per heavy atom. The molecule has 0 aliphatic carbocycles. The molecule has 0 saturated carbocycles. The fraction of sp³-hybridized carbons (Fsp3) is 0.308. The number of benzene rings is 1. The molecule has 3 amide bonds. The molecule has 25 heavy (non-hydrogen) atoms. The molecule has 1 saturated heterocycles. The van der Waals surface area contributed by atoms with Crippen molar-refractivity contribution >= 4 is 69.9 Å². The van der Waals surface area contributed by atoms with E-state index in [-0.39, 0.29) is 5.69 Å². The largest absolute Gasteiger partial charge is 0.416 e. The molecule has 1 aromatic carbocycles. The van der Waals surface area contributed by atoms with Gasteiger partial charge in [0.2, 0.25) is 9.63 Å². The van der Waals surface area contributed by atoms with E-state index in [4.69, 9.17) is 46.4 Å². The topological polar surface area (TPSA) is 53.0 Å².